The van der Waals surface area contributed by atoms with Gasteiger partial charge in [-0.3, -0.25) is 4.79 Å². The van der Waals surface area contributed by atoms with Crippen molar-refractivity contribution >= 4 is 39.3 Å². The molecule has 0 radical (unpaired) electrons. The van der Waals surface area contributed by atoms with E-state index in [9.17, 15) is 9.59 Å². The van der Waals surface area contributed by atoms with Crippen LogP contribution in [-0.4, -0.2) is 24.2 Å². The summed E-state index contributed by atoms with van der Waals surface area (Å²) in [6.07, 6.45) is 0.152. The molecule has 0 N–H and O–H groups in total. The minimum atomic E-state index is -0.405. The first-order valence-electron chi connectivity index (χ1n) is 5.55. The quantitative estimate of drug-likeness (QED) is 0.593. The molecule has 1 aromatic rings. The van der Waals surface area contributed by atoms with Crippen molar-refractivity contribution in [2.24, 2.45) is 0 Å². The van der Waals surface area contributed by atoms with E-state index in [0.29, 0.717) is 23.1 Å². The topological polar surface area (TPSA) is 43.4 Å². The summed E-state index contributed by atoms with van der Waals surface area (Å²) in [4.78, 5) is 23.3. The molecule has 0 unspecified atom stereocenters. The van der Waals surface area contributed by atoms with Crippen LogP contribution < -0.4 is 0 Å². The second-order valence-electron chi connectivity index (χ2n) is 3.65. The Morgan fingerprint density at radius 2 is 2.11 bits per heavy atom. The lowest BCUT2D eigenvalue weighted by molar-refractivity contribution is -0.116. The number of rotatable bonds is 6. The molecule has 98 valence electrons. The van der Waals surface area contributed by atoms with Crippen LogP contribution >= 0.6 is 27.5 Å². The molecule has 0 aliphatic carbocycles. The lowest BCUT2D eigenvalue weighted by Gasteiger charge is -2.11. The smallest absolute Gasteiger partial charge is 0.338 e. The van der Waals surface area contributed by atoms with E-state index in [1.54, 1.807) is 19.1 Å². The molecule has 1 rings (SSSR count). The first kappa shape index (κ1) is 15.2. The van der Waals surface area contributed by atoms with Gasteiger partial charge < -0.3 is 4.74 Å². The molecule has 18 heavy (non-hydrogen) atoms. The van der Waals surface area contributed by atoms with Gasteiger partial charge in [-0.2, -0.15) is 0 Å². The standard InChI is InChI=1S/C13H14BrClO3/c1-2-18-13(17)11-5-3-4-9(7-14)12(11)6-10(16)8-15/h3-5H,2,6-8H2,1H3. The van der Waals surface area contributed by atoms with Gasteiger partial charge in [0.15, 0.2) is 5.78 Å². The summed E-state index contributed by atoms with van der Waals surface area (Å²) < 4.78 is 4.98. The van der Waals surface area contributed by atoms with Crippen LogP contribution in [0.4, 0.5) is 0 Å². The van der Waals surface area contributed by atoms with Gasteiger partial charge in [0.05, 0.1) is 18.1 Å². The van der Waals surface area contributed by atoms with Crippen LogP contribution in [0.2, 0.25) is 0 Å². The van der Waals surface area contributed by atoms with Gasteiger partial charge in [-0.15, -0.1) is 11.6 Å². The molecule has 0 aliphatic rings. The number of esters is 1. The zero-order chi connectivity index (χ0) is 13.5. The monoisotopic (exact) mass is 332 g/mol. The molecule has 0 bridgehead atoms. The van der Waals surface area contributed by atoms with E-state index in [0.717, 1.165) is 5.56 Å². The SMILES string of the molecule is CCOC(=O)c1cccc(CBr)c1CC(=O)CCl. The van der Waals surface area contributed by atoms with Crippen LogP contribution in [0.5, 0.6) is 0 Å². The number of Topliss-reactive ketones (excluding diaryl/α,β-unsaturated/α-hetero) is 1. The number of carbonyl (C=O) groups is 2. The number of halogens is 2. The normalized spacial score (nSPS) is 10.2. The number of alkyl halides is 2. The third-order valence-corrected chi connectivity index (χ3v) is 3.34. The van der Waals surface area contributed by atoms with E-state index in [1.807, 2.05) is 6.07 Å². The van der Waals surface area contributed by atoms with Crippen molar-refractivity contribution in [3.63, 3.8) is 0 Å². The van der Waals surface area contributed by atoms with Crippen molar-refractivity contribution in [2.75, 3.05) is 12.5 Å². The molecule has 1 aromatic carbocycles. The van der Waals surface area contributed by atoms with E-state index in [2.05, 4.69) is 15.9 Å². The number of ether oxygens (including phenoxy) is 1. The Balaban J connectivity index is 3.15. The van der Waals surface area contributed by atoms with E-state index in [4.69, 9.17) is 16.3 Å². The minimum Gasteiger partial charge on any atom is -0.462 e. The number of hydrogen-bond acceptors (Lipinski definition) is 3. The van der Waals surface area contributed by atoms with Crippen molar-refractivity contribution in [3.05, 3.63) is 34.9 Å². The van der Waals surface area contributed by atoms with Gasteiger partial charge in [-0.1, -0.05) is 28.1 Å². The second-order valence-corrected chi connectivity index (χ2v) is 4.47. The summed E-state index contributed by atoms with van der Waals surface area (Å²) >= 11 is 8.86. The second kappa shape index (κ2) is 7.54. The van der Waals surface area contributed by atoms with E-state index >= 15 is 0 Å². The number of ketones is 1. The lowest BCUT2D eigenvalue weighted by atomic mass is 9.97. The predicted molar refractivity (Wildman–Crippen MR) is 74.5 cm³/mol. The molecule has 0 heterocycles. The molecule has 0 amide bonds. The van der Waals surface area contributed by atoms with Crippen molar-refractivity contribution in [3.8, 4) is 0 Å². The molecule has 0 aromatic heterocycles. The first-order chi connectivity index (χ1) is 8.63. The molecular weight excluding hydrogens is 319 g/mol. The first-order valence-corrected chi connectivity index (χ1v) is 7.21. The molecular formula is C13H14BrClO3. The Bertz CT molecular complexity index is 446. The van der Waals surface area contributed by atoms with Gasteiger partial charge in [-0.05, 0) is 24.1 Å². The van der Waals surface area contributed by atoms with Crippen LogP contribution in [0.3, 0.4) is 0 Å². The predicted octanol–water partition coefficient (Wildman–Crippen LogP) is 3.11. The molecule has 0 spiro atoms. The third kappa shape index (κ3) is 3.82. The molecule has 0 aliphatic heterocycles. The summed E-state index contributed by atoms with van der Waals surface area (Å²) in [5, 5.41) is 0.575. The molecule has 5 heteroatoms. The van der Waals surface area contributed by atoms with Gasteiger partial charge in [0, 0.05) is 11.8 Å². The Morgan fingerprint density at radius 3 is 2.67 bits per heavy atom. The maximum atomic E-state index is 11.8. The van der Waals surface area contributed by atoms with E-state index in [-0.39, 0.29) is 18.1 Å². The molecule has 0 saturated heterocycles. The average Bonchev–Trinajstić information content (AvgIpc) is 2.38. The van der Waals surface area contributed by atoms with Crippen LogP contribution in [0, 0.1) is 0 Å². The highest BCUT2D eigenvalue weighted by molar-refractivity contribution is 9.08. The average molecular weight is 334 g/mol. The fourth-order valence-electron chi connectivity index (χ4n) is 1.61. The Morgan fingerprint density at radius 1 is 1.39 bits per heavy atom. The highest BCUT2D eigenvalue weighted by Gasteiger charge is 2.17. The van der Waals surface area contributed by atoms with E-state index < -0.39 is 5.97 Å². The van der Waals surface area contributed by atoms with Gasteiger partial charge >= 0.3 is 5.97 Å². The number of hydrogen-bond donors (Lipinski definition) is 0. The molecule has 0 atom stereocenters. The fourth-order valence-corrected chi connectivity index (χ4v) is 2.23. The summed E-state index contributed by atoms with van der Waals surface area (Å²) in [6.45, 7) is 2.05. The minimum absolute atomic E-state index is 0.0567. The molecule has 0 saturated carbocycles. The molecule has 0 fully saturated rings. The van der Waals surface area contributed by atoms with Gasteiger partial charge in [0.1, 0.15) is 0 Å². The Hall–Kier alpha value is -0.870. The zero-order valence-electron chi connectivity index (χ0n) is 10.0. The number of carbonyl (C=O) groups excluding carboxylic acids is 2. The summed E-state index contributed by atoms with van der Waals surface area (Å²) in [7, 11) is 0. The van der Waals surface area contributed by atoms with Gasteiger partial charge in [-0.25, -0.2) is 4.79 Å². The van der Waals surface area contributed by atoms with Gasteiger partial charge in [0.2, 0.25) is 0 Å². The van der Waals surface area contributed by atoms with Gasteiger partial charge in [0.25, 0.3) is 0 Å². The number of benzene rings is 1. The van der Waals surface area contributed by atoms with Crippen LogP contribution in [0.1, 0.15) is 28.4 Å². The van der Waals surface area contributed by atoms with Crippen molar-refractivity contribution in [1.82, 2.24) is 0 Å². The Kier molecular flexibility index (Phi) is 6.36. The maximum Gasteiger partial charge on any atom is 0.338 e. The fraction of sp³-hybridized carbons (Fsp3) is 0.385. The third-order valence-electron chi connectivity index (χ3n) is 2.44. The van der Waals surface area contributed by atoms with E-state index in [1.165, 1.54) is 0 Å². The maximum absolute atomic E-state index is 11.8. The molecule has 3 nitrogen and oxygen atoms in total. The lowest BCUT2D eigenvalue weighted by Crippen LogP contribution is -2.14. The van der Waals surface area contributed by atoms with Crippen LogP contribution in [0.15, 0.2) is 18.2 Å². The highest BCUT2D eigenvalue weighted by atomic mass is 79.9. The van der Waals surface area contributed by atoms with Crippen LogP contribution in [0.25, 0.3) is 0 Å². The summed E-state index contributed by atoms with van der Waals surface area (Å²) in [5.74, 6) is -0.577. The zero-order valence-corrected chi connectivity index (χ0v) is 12.4. The van der Waals surface area contributed by atoms with Crippen LogP contribution in [-0.2, 0) is 21.3 Å². The Labute approximate surface area is 120 Å². The van der Waals surface area contributed by atoms with Crippen molar-refractivity contribution in [1.29, 1.82) is 0 Å². The van der Waals surface area contributed by atoms with Crippen molar-refractivity contribution in [2.45, 2.75) is 18.7 Å². The largest absolute Gasteiger partial charge is 0.462 e. The highest BCUT2D eigenvalue weighted by Crippen LogP contribution is 2.20. The summed E-state index contributed by atoms with van der Waals surface area (Å²) in [6, 6.07) is 5.31. The van der Waals surface area contributed by atoms with Crippen molar-refractivity contribution < 1.29 is 14.3 Å². The summed E-state index contributed by atoms with van der Waals surface area (Å²) in [5.41, 5.74) is 2.03.